The summed E-state index contributed by atoms with van der Waals surface area (Å²) in [7, 11) is 2.00. The van der Waals surface area contributed by atoms with E-state index in [9.17, 15) is 4.79 Å². The summed E-state index contributed by atoms with van der Waals surface area (Å²) in [5.41, 5.74) is 2.09. The standard InChI is InChI=1S/C18H25N3O3/c1-21-16-8-3-2-7-15(16)20-17(21)9-10-19-18(22)13-23-12-14-6-4-5-11-24-14/h2-3,7-8,14H,4-6,9-13H2,1H3,(H,19,22)/t14-/m1/s1. The van der Waals surface area contributed by atoms with Crippen LogP contribution in [0.1, 0.15) is 25.1 Å². The Morgan fingerprint density at radius 1 is 1.42 bits per heavy atom. The second-order valence-corrected chi connectivity index (χ2v) is 6.18. The number of benzene rings is 1. The Morgan fingerprint density at radius 3 is 3.08 bits per heavy atom. The summed E-state index contributed by atoms with van der Waals surface area (Å²) < 4.78 is 13.1. The number of carbonyl (C=O) groups excluding carboxylic acids is 1. The number of imidazole rings is 1. The zero-order valence-electron chi connectivity index (χ0n) is 14.2. The van der Waals surface area contributed by atoms with Crippen molar-refractivity contribution in [2.75, 3.05) is 26.4 Å². The molecule has 130 valence electrons. The number of para-hydroxylation sites is 2. The molecule has 0 radical (unpaired) electrons. The molecule has 1 amide bonds. The van der Waals surface area contributed by atoms with E-state index in [1.807, 2.05) is 31.3 Å². The third-order valence-corrected chi connectivity index (χ3v) is 4.36. The number of ether oxygens (including phenoxy) is 2. The van der Waals surface area contributed by atoms with E-state index in [2.05, 4.69) is 14.9 Å². The van der Waals surface area contributed by atoms with E-state index >= 15 is 0 Å². The summed E-state index contributed by atoms with van der Waals surface area (Å²) in [6.07, 6.45) is 4.17. The normalized spacial score (nSPS) is 18.0. The second-order valence-electron chi connectivity index (χ2n) is 6.18. The predicted octanol–water partition coefficient (Wildman–Crippen LogP) is 1.82. The molecule has 1 N–H and O–H groups in total. The molecular formula is C18H25N3O3. The molecule has 1 aromatic carbocycles. The highest BCUT2D eigenvalue weighted by Crippen LogP contribution is 2.14. The number of fused-ring (bicyclic) bond motifs is 1. The first-order valence-corrected chi connectivity index (χ1v) is 8.60. The summed E-state index contributed by atoms with van der Waals surface area (Å²) in [6, 6.07) is 8.03. The largest absolute Gasteiger partial charge is 0.376 e. The monoisotopic (exact) mass is 331 g/mol. The van der Waals surface area contributed by atoms with E-state index in [1.165, 1.54) is 6.42 Å². The smallest absolute Gasteiger partial charge is 0.246 e. The first kappa shape index (κ1) is 16.9. The number of hydrogen-bond donors (Lipinski definition) is 1. The first-order valence-electron chi connectivity index (χ1n) is 8.60. The molecule has 0 bridgehead atoms. The minimum atomic E-state index is -0.0930. The number of aryl methyl sites for hydroxylation is 1. The third kappa shape index (κ3) is 4.33. The van der Waals surface area contributed by atoms with Gasteiger partial charge in [0.05, 0.1) is 23.7 Å². The molecule has 1 aliphatic heterocycles. The first-order chi connectivity index (χ1) is 11.7. The highest BCUT2D eigenvalue weighted by Gasteiger charge is 2.14. The van der Waals surface area contributed by atoms with Crippen LogP contribution in [0.2, 0.25) is 0 Å². The molecule has 6 nitrogen and oxygen atoms in total. The Kier molecular flexibility index (Phi) is 5.82. The summed E-state index contributed by atoms with van der Waals surface area (Å²) in [5, 5.41) is 2.88. The molecule has 2 heterocycles. The predicted molar refractivity (Wildman–Crippen MR) is 91.8 cm³/mol. The SMILES string of the molecule is Cn1c(CCNC(=O)COC[C@H]2CCCCO2)nc2ccccc21. The van der Waals surface area contributed by atoms with E-state index in [1.54, 1.807) is 0 Å². The highest BCUT2D eigenvalue weighted by atomic mass is 16.5. The molecule has 3 rings (SSSR count). The van der Waals surface area contributed by atoms with Crippen molar-refractivity contribution in [3.8, 4) is 0 Å². The van der Waals surface area contributed by atoms with Crippen molar-refractivity contribution >= 4 is 16.9 Å². The van der Waals surface area contributed by atoms with Gasteiger partial charge in [-0.3, -0.25) is 4.79 Å². The fourth-order valence-corrected chi connectivity index (χ4v) is 3.01. The quantitative estimate of drug-likeness (QED) is 0.840. The Labute approximate surface area is 142 Å². The van der Waals surface area contributed by atoms with Crippen molar-refractivity contribution in [1.82, 2.24) is 14.9 Å². The summed E-state index contributed by atoms with van der Waals surface area (Å²) in [5.74, 6) is 0.873. The van der Waals surface area contributed by atoms with Gasteiger partial charge in [-0.2, -0.15) is 0 Å². The number of hydrogen-bond acceptors (Lipinski definition) is 4. The molecular weight excluding hydrogens is 306 g/mol. The molecule has 24 heavy (non-hydrogen) atoms. The van der Waals surface area contributed by atoms with Gasteiger partial charge in [-0.25, -0.2) is 4.98 Å². The van der Waals surface area contributed by atoms with E-state index in [-0.39, 0.29) is 18.6 Å². The topological polar surface area (TPSA) is 65.4 Å². The number of carbonyl (C=O) groups is 1. The third-order valence-electron chi connectivity index (χ3n) is 4.36. The van der Waals surface area contributed by atoms with Crippen molar-refractivity contribution in [1.29, 1.82) is 0 Å². The van der Waals surface area contributed by atoms with Gasteiger partial charge in [-0.1, -0.05) is 12.1 Å². The Morgan fingerprint density at radius 2 is 2.29 bits per heavy atom. The van der Waals surface area contributed by atoms with Gasteiger partial charge >= 0.3 is 0 Å². The van der Waals surface area contributed by atoms with Crippen LogP contribution in [0, 0.1) is 0 Å². The molecule has 0 saturated carbocycles. The van der Waals surface area contributed by atoms with Crippen LogP contribution in [0.4, 0.5) is 0 Å². The zero-order valence-corrected chi connectivity index (χ0v) is 14.2. The van der Waals surface area contributed by atoms with Crippen LogP contribution in [-0.2, 0) is 27.7 Å². The molecule has 1 fully saturated rings. The molecule has 2 aromatic rings. The molecule has 1 aliphatic rings. The van der Waals surface area contributed by atoms with Crippen molar-refractivity contribution < 1.29 is 14.3 Å². The van der Waals surface area contributed by atoms with Crippen molar-refractivity contribution in [2.45, 2.75) is 31.8 Å². The molecule has 6 heteroatoms. The summed E-state index contributed by atoms with van der Waals surface area (Å²) >= 11 is 0. The minimum absolute atomic E-state index is 0.0857. The van der Waals surface area contributed by atoms with Crippen LogP contribution in [0.25, 0.3) is 11.0 Å². The fourth-order valence-electron chi connectivity index (χ4n) is 3.01. The maximum absolute atomic E-state index is 11.8. The molecule has 1 saturated heterocycles. The number of nitrogens with one attached hydrogen (secondary N) is 1. The van der Waals surface area contributed by atoms with Crippen LogP contribution < -0.4 is 5.32 Å². The lowest BCUT2D eigenvalue weighted by Crippen LogP contribution is -2.32. The molecule has 0 spiro atoms. The van der Waals surface area contributed by atoms with Crippen LogP contribution in [-0.4, -0.2) is 47.9 Å². The maximum atomic E-state index is 11.8. The zero-order chi connectivity index (χ0) is 16.8. The molecule has 1 atom stereocenters. The van der Waals surface area contributed by atoms with E-state index < -0.39 is 0 Å². The minimum Gasteiger partial charge on any atom is -0.376 e. The lowest BCUT2D eigenvalue weighted by Gasteiger charge is -2.22. The van der Waals surface area contributed by atoms with Crippen molar-refractivity contribution in [2.24, 2.45) is 7.05 Å². The average Bonchev–Trinajstić information content (AvgIpc) is 2.92. The Hall–Kier alpha value is -1.92. The van der Waals surface area contributed by atoms with Gasteiger partial charge < -0.3 is 19.4 Å². The van der Waals surface area contributed by atoms with E-state index in [4.69, 9.17) is 9.47 Å². The van der Waals surface area contributed by atoms with Gasteiger partial charge in [0, 0.05) is 26.6 Å². The number of nitrogens with zero attached hydrogens (tertiary/aromatic N) is 2. The maximum Gasteiger partial charge on any atom is 0.246 e. The number of rotatable bonds is 7. The van der Waals surface area contributed by atoms with E-state index in [0.29, 0.717) is 19.6 Å². The van der Waals surface area contributed by atoms with Crippen LogP contribution in [0.15, 0.2) is 24.3 Å². The fraction of sp³-hybridized carbons (Fsp3) is 0.556. The number of aromatic nitrogens is 2. The highest BCUT2D eigenvalue weighted by molar-refractivity contribution is 5.77. The van der Waals surface area contributed by atoms with Gasteiger partial charge in [0.25, 0.3) is 0 Å². The van der Waals surface area contributed by atoms with Gasteiger partial charge in [0.1, 0.15) is 12.4 Å². The van der Waals surface area contributed by atoms with Gasteiger partial charge in [-0.05, 0) is 31.4 Å². The Balaban J connectivity index is 1.37. The summed E-state index contributed by atoms with van der Waals surface area (Å²) in [4.78, 5) is 16.4. The lowest BCUT2D eigenvalue weighted by atomic mass is 10.1. The molecule has 1 aromatic heterocycles. The molecule has 0 aliphatic carbocycles. The number of amides is 1. The van der Waals surface area contributed by atoms with Gasteiger partial charge in [0.15, 0.2) is 0 Å². The van der Waals surface area contributed by atoms with Crippen LogP contribution in [0.5, 0.6) is 0 Å². The lowest BCUT2D eigenvalue weighted by molar-refractivity contribution is -0.127. The van der Waals surface area contributed by atoms with Gasteiger partial charge in [-0.15, -0.1) is 0 Å². The van der Waals surface area contributed by atoms with Crippen molar-refractivity contribution in [3.05, 3.63) is 30.1 Å². The van der Waals surface area contributed by atoms with Crippen LogP contribution >= 0.6 is 0 Å². The Bertz CT molecular complexity index is 677. The van der Waals surface area contributed by atoms with Crippen LogP contribution in [0.3, 0.4) is 0 Å². The van der Waals surface area contributed by atoms with Crippen molar-refractivity contribution in [3.63, 3.8) is 0 Å². The molecule has 0 unspecified atom stereocenters. The van der Waals surface area contributed by atoms with Gasteiger partial charge in [0.2, 0.25) is 5.91 Å². The summed E-state index contributed by atoms with van der Waals surface area (Å²) in [6.45, 7) is 1.94. The second kappa shape index (κ2) is 8.26. The average molecular weight is 331 g/mol. The van der Waals surface area contributed by atoms with E-state index in [0.717, 1.165) is 36.3 Å².